The predicted molar refractivity (Wildman–Crippen MR) is 58.1 cm³/mol. The largest absolute Gasteiger partial charge is 0.409 e. The van der Waals surface area contributed by atoms with Crippen LogP contribution in [0.1, 0.15) is 19.5 Å². The molecule has 0 atom stereocenters. The third-order valence-corrected chi connectivity index (χ3v) is 2.10. The molecule has 0 aromatic carbocycles. The minimum absolute atomic E-state index is 0.0178. The average Bonchev–Trinajstić information content (AvgIpc) is 2.27. The number of amidine groups is 1. The Kier molecular flexibility index (Phi) is 3.43. The van der Waals surface area contributed by atoms with Crippen LogP contribution in [0.4, 0.5) is 5.95 Å². The molecule has 3 N–H and O–H groups in total. The van der Waals surface area contributed by atoms with Crippen molar-refractivity contribution >= 4 is 11.8 Å². The number of hydrogen-bond donors (Lipinski definition) is 2. The Balaban J connectivity index is 3.02. The minimum Gasteiger partial charge on any atom is -0.409 e. The average molecular weight is 209 g/mol. The van der Waals surface area contributed by atoms with Crippen LogP contribution < -0.4 is 10.6 Å². The normalized spacial score (nSPS) is 11.9. The van der Waals surface area contributed by atoms with Crippen molar-refractivity contribution in [3.8, 4) is 0 Å². The molecule has 82 valence electrons. The van der Waals surface area contributed by atoms with Crippen molar-refractivity contribution in [1.82, 2.24) is 9.97 Å². The second-order valence-corrected chi connectivity index (χ2v) is 3.43. The third kappa shape index (κ3) is 2.55. The minimum atomic E-state index is -0.0178. The molecule has 0 aliphatic heterocycles. The first kappa shape index (κ1) is 11.2. The molecule has 0 bridgehead atoms. The Morgan fingerprint density at radius 2 is 2.27 bits per heavy atom. The van der Waals surface area contributed by atoms with Crippen LogP contribution in [-0.2, 0) is 0 Å². The van der Waals surface area contributed by atoms with Crippen LogP contribution in [0.5, 0.6) is 0 Å². The van der Waals surface area contributed by atoms with Crippen molar-refractivity contribution in [1.29, 1.82) is 0 Å². The summed E-state index contributed by atoms with van der Waals surface area (Å²) in [4.78, 5) is 10.2. The highest BCUT2D eigenvalue weighted by molar-refractivity contribution is 5.95. The molecule has 0 aliphatic carbocycles. The summed E-state index contributed by atoms with van der Waals surface area (Å²) in [5.74, 6) is 0.532. The summed E-state index contributed by atoms with van der Waals surface area (Å²) in [7, 11) is 1.88. The summed E-state index contributed by atoms with van der Waals surface area (Å²) >= 11 is 0. The van der Waals surface area contributed by atoms with Gasteiger partial charge in [0.05, 0.1) is 0 Å². The molecule has 15 heavy (non-hydrogen) atoms. The molecule has 6 heteroatoms. The van der Waals surface area contributed by atoms with Gasteiger partial charge in [0, 0.05) is 19.3 Å². The third-order valence-electron chi connectivity index (χ3n) is 2.10. The van der Waals surface area contributed by atoms with Gasteiger partial charge in [-0.15, -0.1) is 0 Å². The number of hydrogen-bond acceptors (Lipinski definition) is 5. The highest BCUT2D eigenvalue weighted by atomic mass is 16.4. The van der Waals surface area contributed by atoms with Gasteiger partial charge in [0.2, 0.25) is 5.95 Å². The molecular weight excluding hydrogens is 194 g/mol. The first-order valence-corrected chi connectivity index (χ1v) is 4.60. The Morgan fingerprint density at radius 3 is 2.80 bits per heavy atom. The van der Waals surface area contributed by atoms with E-state index < -0.39 is 0 Å². The number of nitrogens with two attached hydrogens (primary N) is 1. The van der Waals surface area contributed by atoms with Gasteiger partial charge in [-0.25, -0.2) is 9.97 Å². The molecule has 1 aromatic rings. The van der Waals surface area contributed by atoms with Crippen LogP contribution in [0.15, 0.2) is 17.4 Å². The second kappa shape index (κ2) is 4.59. The van der Waals surface area contributed by atoms with E-state index in [-0.39, 0.29) is 11.9 Å². The summed E-state index contributed by atoms with van der Waals surface area (Å²) in [5.41, 5.74) is 5.84. The molecule has 0 saturated heterocycles. The number of rotatable bonds is 3. The Bertz CT molecular complexity index is 363. The van der Waals surface area contributed by atoms with Gasteiger partial charge in [-0.1, -0.05) is 5.16 Å². The maximum atomic E-state index is 8.52. The Hall–Kier alpha value is -1.85. The molecule has 0 fully saturated rings. The van der Waals surface area contributed by atoms with E-state index in [2.05, 4.69) is 15.1 Å². The standard InChI is InChI=1S/C9H15N5O/c1-6(2)14(3)9-11-5-4-7(12-9)8(10)13-15/h4-6,15H,1-3H3,(H2,10,13). The van der Waals surface area contributed by atoms with Crippen LogP contribution in [0, 0.1) is 0 Å². The van der Waals surface area contributed by atoms with E-state index in [0.29, 0.717) is 11.6 Å². The number of oxime groups is 1. The van der Waals surface area contributed by atoms with Crippen molar-refractivity contribution in [2.45, 2.75) is 19.9 Å². The van der Waals surface area contributed by atoms with Crippen LogP contribution in [0.3, 0.4) is 0 Å². The molecule has 0 amide bonds. The topological polar surface area (TPSA) is 87.6 Å². The Labute approximate surface area is 88.4 Å². The van der Waals surface area contributed by atoms with Gasteiger partial charge >= 0.3 is 0 Å². The number of nitrogens with zero attached hydrogens (tertiary/aromatic N) is 4. The molecule has 6 nitrogen and oxygen atoms in total. The van der Waals surface area contributed by atoms with E-state index in [1.54, 1.807) is 12.3 Å². The lowest BCUT2D eigenvalue weighted by atomic mass is 10.3. The predicted octanol–water partition coefficient (Wildman–Crippen LogP) is 0.416. The molecule has 0 radical (unpaired) electrons. The molecule has 1 rings (SSSR count). The van der Waals surface area contributed by atoms with E-state index in [9.17, 15) is 0 Å². The van der Waals surface area contributed by atoms with Crippen molar-refractivity contribution in [3.05, 3.63) is 18.0 Å². The van der Waals surface area contributed by atoms with Gasteiger partial charge in [0.25, 0.3) is 0 Å². The fourth-order valence-electron chi connectivity index (χ4n) is 0.943. The molecule has 0 saturated carbocycles. The highest BCUT2D eigenvalue weighted by Gasteiger charge is 2.09. The highest BCUT2D eigenvalue weighted by Crippen LogP contribution is 2.08. The van der Waals surface area contributed by atoms with Crippen LogP contribution in [0.2, 0.25) is 0 Å². The van der Waals surface area contributed by atoms with Crippen LogP contribution >= 0.6 is 0 Å². The van der Waals surface area contributed by atoms with Crippen LogP contribution in [-0.4, -0.2) is 34.1 Å². The molecule has 1 aromatic heterocycles. The first-order chi connectivity index (χ1) is 7.06. The summed E-state index contributed by atoms with van der Waals surface area (Å²) < 4.78 is 0. The summed E-state index contributed by atoms with van der Waals surface area (Å²) in [6.07, 6.45) is 1.58. The maximum Gasteiger partial charge on any atom is 0.225 e. The molecule has 0 unspecified atom stereocenters. The Morgan fingerprint density at radius 1 is 1.60 bits per heavy atom. The smallest absolute Gasteiger partial charge is 0.225 e. The molecule has 0 aliphatic rings. The zero-order chi connectivity index (χ0) is 11.4. The van der Waals surface area contributed by atoms with Gasteiger partial charge in [0.15, 0.2) is 5.84 Å². The lowest BCUT2D eigenvalue weighted by Crippen LogP contribution is -2.28. The molecule has 0 spiro atoms. The number of aromatic nitrogens is 2. The van der Waals surface area contributed by atoms with Crippen molar-refractivity contribution < 1.29 is 5.21 Å². The molecule has 1 heterocycles. The van der Waals surface area contributed by atoms with Crippen LogP contribution in [0.25, 0.3) is 0 Å². The SMILES string of the molecule is CC(C)N(C)c1nccc(/C(N)=N/O)n1. The van der Waals surface area contributed by atoms with Gasteiger partial charge in [-0.05, 0) is 19.9 Å². The van der Waals surface area contributed by atoms with Gasteiger partial charge in [-0.3, -0.25) is 0 Å². The van der Waals surface area contributed by atoms with Crippen molar-refractivity contribution in [2.75, 3.05) is 11.9 Å². The summed E-state index contributed by atoms with van der Waals surface area (Å²) in [5, 5.41) is 11.4. The number of anilines is 1. The lowest BCUT2D eigenvalue weighted by Gasteiger charge is -2.21. The molecular formula is C9H15N5O. The summed E-state index contributed by atoms with van der Waals surface area (Å²) in [6.45, 7) is 4.05. The zero-order valence-corrected chi connectivity index (χ0v) is 9.05. The fourth-order valence-corrected chi connectivity index (χ4v) is 0.943. The van der Waals surface area contributed by atoms with E-state index >= 15 is 0 Å². The maximum absolute atomic E-state index is 8.52. The zero-order valence-electron chi connectivity index (χ0n) is 9.05. The van der Waals surface area contributed by atoms with E-state index in [1.807, 2.05) is 25.8 Å². The summed E-state index contributed by atoms with van der Waals surface area (Å²) in [6, 6.07) is 1.87. The quantitative estimate of drug-likeness (QED) is 0.326. The van der Waals surface area contributed by atoms with Gasteiger partial charge in [0.1, 0.15) is 5.69 Å². The van der Waals surface area contributed by atoms with E-state index in [1.165, 1.54) is 0 Å². The lowest BCUT2D eigenvalue weighted by molar-refractivity contribution is 0.318. The van der Waals surface area contributed by atoms with Crippen molar-refractivity contribution in [2.24, 2.45) is 10.9 Å². The van der Waals surface area contributed by atoms with E-state index in [0.717, 1.165) is 0 Å². The van der Waals surface area contributed by atoms with Gasteiger partial charge < -0.3 is 15.8 Å². The fraction of sp³-hybridized carbons (Fsp3) is 0.444. The van der Waals surface area contributed by atoms with E-state index in [4.69, 9.17) is 10.9 Å². The van der Waals surface area contributed by atoms with Crippen molar-refractivity contribution in [3.63, 3.8) is 0 Å². The monoisotopic (exact) mass is 209 g/mol. The van der Waals surface area contributed by atoms with Gasteiger partial charge in [-0.2, -0.15) is 0 Å². The second-order valence-electron chi connectivity index (χ2n) is 3.43. The first-order valence-electron chi connectivity index (χ1n) is 4.60.